The van der Waals surface area contributed by atoms with Crippen LogP contribution in [-0.4, -0.2) is 22.2 Å². The zero-order valence-electron chi connectivity index (χ0n) is 19.4. The van der Waals surface area contributed by atoms with Crippen molar-refractivity contribution in [2.24, 2.45) is 16.7 Å². The summed E-state index contributed by atoms with van der Waals surface area (Å²) >= 11 is 3.44. The summed E-state index contributed by atoms with van der Waals surface area (Å²) in [7, 11) is 0. The van der Waals surface area contributed by atoms with Crippen molar-refractivity contribution in [3.8, 4) is 11.5 Å². The average Bonchev–Trinajstić information content (AvgIpc) is 3.07. The number of halogens is 1. The van der Waals surface area contributed by atoms with Gasteiger partial charge in [0.1, 0.15) is 11.3 Å². The van der Waals surface area contributed by atoms with Gasteiger partial charge in [-0.25, -0.2) is 4.79 Å². The lowest BCUT2D eigenvalue weighted by atomic mass is 9.64. The number of benzene rings is 2. The maximum absolute atomic E-state index is 12.1. The van der Waals surface area contributed by atoms with E-state index in [1.54, 1.807) is 18.2 Å². The van der Waals surface area contributed by atoms with E-state index in [0.29, 0.717) is 18.0 Å². The van der Waals surface area contributed by atoms with E-state index in [0.717, 1.165) is 35.0 Å². The molecule has 0 saturated heterocycles. The number of ether oxygens (including phenoxy) is 1. The van der Waals surface area contributed by atoms with Gasteiger partial charge in [-0.05, 0) is 72.3 Å². The summed E-state index contributed by atoms with van der Waals surface area (Å²) in [5.74, 6) is -0.813. The summed E-state index contributed by atoms with van der Waals surface area (Å²) in [4.78, 5) is 24.1. The molecule has 176 valence electrons. The smallest absolute Gasteiger partial charge is 0.339 e. The number of phenolic OH excluding ortho intramolecular Hbond substituents is 1. The molecule has 2 aromatic carbocycles. The van der Waals surface area contributed by atoms with Gasteiger partial charge in [0.25, 0.3) is 0 Å². The van der Waals surface area contributed by atoms with Crippen LogP contribution in [0, 0.1) is 16.7 Å². The van der Waals surface area contributed by atoms with Gasteiger partial charge in [-0.15, -0.1) is 0 Å². The fourth-order valence-corrected chi connectivity index (χ4v) is 6.46. The summed E-state index contributed by atoms with van der Waals surface area (Å²) in [6, 6.07) is 8.46. The van der Waals surface area contributed by atoms with Gasteiger partial charge in [0.05, 0.1) is 0 Å². The van der Waals surface area contributed by atoms with Crippen molar-refractivity contribution in [2.45, 2.75) is 59.4 Å². The summed E-state index contributed by atoms with van der Waals surface area (Å²) < 4.78 is 6.44. The molecule has 0 spiro atoms. The van der Waals surface area contributed by atoms with Crippen LogP contribution in [-0.2, 0) is 11.3 Å². The van der Waals surface area contributed by atoms with Crippen LogP contribution in [0.3, 0.4) is 0 Å². The average molecular weight is 516 g/mol. The van der Waals surface area contributed by atoms with E-state index >= 15 is 0 Å². The number of carboxylic acid groups (broad SMARTS) is 1. The second-order valence-corrected chi connectivity index (χ2v) is 11.0. The van der Waals surface area contributed by atoms with Crippen LogP contribution in [0.1, 0.15) is 74.4 Å². The summed E-state index contributed by atoms with van der Waals surface area (Å²) in [6.07, 6.45) is 3.10. The summed E-state index contributed by atoms with van der Waals surface area (Å²) in [5, 5.41) is 23.5. The van der Waals surface area contributed by atoms with Gasteiger partial charge in [0, 0.05) is 34.8 Å². The normalized spacial score (nSPS) is 25.1. The Bertz CT molecular complexity index is 1130. The van der Waals surface area contributed by atoms with Crippen LogP contribution in [0.2, 0.25) is 0 Å². The Kier molecular flexibility index (Phi) is 5.97. The first-order valence-electron chi connectivity index (χ1n) is 11.3. The first kappa shape index (κ1) is 23.6. The molecule has 7 heteroatoms. The Hall–Kier alpha value is -2.54. The Morgan fingerprint density at radius 3 is 2.52 bits per heavy atom. The molecule has 3 unspecified atom stereocenters. The number of phenols is 1. The van der Waals surface area contributed by atoms with E-state index in [-0.39, 0.29) is 33.8 Å². The third-order valence-corrected chi connectivity index (χ3v) is 8.82. The highest BCUT2D eigenvalue weighted by Gasteiger charge is 2.62. The van der Waals surface area contributed by atoms with Crippen molar-refractivity contribution in [3.63, 3.8) is 0 Å². The maximum atomic E-state index is 12.1. The van der Waals surface area contributed by atoms with E-state index < -0.39 is 11.9 Å². The SMILES string of the molecule is CC(=O)Oc1c(C(=O)O)ccc(NCc2cc(Br)ccc2O)c1C1CC2CCC1(C)C2(C)C. The molecule has 6 nitrogen and oxygen atoms in total. The van der Waals surface area contributed by atoms with E-state index in [1.165, 1.54) is 13.0 Å². The van der Waals surface area contributed by atoms with Gasteiger partial charge >= 0.3 is 11.9 Å². The zero-order valence-corrected chi connectivity index (χ0v) is 21.0. The van der Waals surface area contributed by atoms with Crippen molar-refractivity contribution in [1.29, 1.82) is 0 Å². The van der Waals surface area contributed by atoms with E-state index in [2.05, 4.69) is 42.0 Å². The first-order chi connectivity index (χ1) is 15.5. The van der Waals surface area contributed by atoms with E-state index in [9.17, 15) is 19.8 Å². The van der Waals surface area contributed by atoms with Crippen molar-refractivity contribution in [1.82, 2.24) is 0 Å². The number of carbonyl (C=O) groups excluding carboxylic acids is 1. The molecule has 4 rings (SSSR count). The number of nitrogens with one attached hydrogen (secondary N) is 1. The maximum Gasteiger partial charge on any atom is 0.339 e. The van der Waals surface area contributed by atoms with E-state index in [4.69, 9.17) is 4.74 Å². The van der Waals surface area contributed by atoms with Crippen LogP contribution in [0.4, 0.5) is 5.69 Å². The van der Waals surface area contributed by atoms with Gasteiger partial charge < -0.3 is 20.3 Å². The van der Waals surface area contributed by atoms with Gasteiger partial charge in [0.2, 0.25) is 0 Å². The number of aromatic hydroxyl groups is 1. The Morgan fingerprint density at radius 1 is 1.21 bits per heavy atom. The molecule has 3 atom stereocenters. The second kappa shape index (κ2) is 8.35. The number of esters is 1. The van der Waals surface area contributed by atoms with Crippen molar-refractivity contribution < 1.29 is 24.5 Å². The number of carbonyl (C=O) groups is 2. The quantitative estimate of drug-likeness (QED) is 0.307. The number of carboxylic acids is 1. The molecule has 3 N–H and O–H groups in total. The molecule has 2 fully saturated rings. The predicted molar refractivity (Wildman–Crippen MR) is 130 cm³/mol. The van der Waals surface area contributed by atoms with Crippen LogP contribution in [0.25, 0.3) is 0 Å². The summed E-state index contributed by atoms with van der Waals surface area (Å²) in [6.45, 7) is 8.50. The first-order valence-corrected chi connectivity index (χ1v) is 12.0. The number of aromatic carboxylic acids is 1. The number of rotatable bonds is 6. The molecule has 2 aromatic rings. The number of anilines is 1. The standard InChI is InChI=1S/C26H30BrNO5/c1-14(29)33-23-18(24(31)32)6-7-20(28-13-15-11-17(27)5-8-21(15)30)22(23)19-12-16-9-10-26(19,4)25(16,2)3/h5-8,11,16,19,28,30H,9-10,12-13H2,1-4H3,(H,31,32). The highest BCUT2D eigenvalue weighted by Crippen LogP contribution is 2.72. The minimum Gasteiger partial charge on any atom is -0.508 e. The van der Waals surface area contributed by atoms with Crippen molar-refractivity contribution in [2.75, 3.05) is 5.32 Å². The van der Waals surface area contributed by atoms with Crippen LogP contribution < -0.4 is 10.1 Å². The number of fused-ring (bicyclic) bond motifs is 2. The molecular weight excluding hydrogens is 486 g/mol. The molecule has 0 aromatic heterocycles. The topological polar surface area (TPSA) is 95.9 Å². The minimum atomic E-state index is -1.13. The van der Waals surface area contributed by atoms with Gasteiger partial charge in [-0.2, -0.15) is 0 Å². The van der Waals surface area contributed by atoms with Gasteiger partial charge in [-0.1, -0.05) is 36.7 Å². The Labute approximate surface area is 202 Å². The van der Waals surface area contributed by atoms with Crippen LogP contribution in [0.5, 0.6) is 11.5 Å². The molecule has 2 bridgehead atoms. The largest absolute Gasteiger partial charge is 0.508 e. The Balaban J connectivity index is 1.84. The molecule has 2 saturated carbocycles. The molecular formula is C26H30BrNO5. The zero-order chi connectivity index (χ0) is 24.1. The van der Waals surface area contributed by atoms with Gasteiger partial charge in [0.15, 0.2) is 5.75 Å². The Morgan fingerprint density at radius 2 is 1.94 bits per heavy atom. The van der Waals surface area contributed by atoms with Gasteiger partial charge in [-0.3, -0.25) is 4.79 Å². The monoisotopic (exact) mass is 515 g/mol. The highest BCUT2D eigenvalue weighted by atomic mass is 79.9. The molecule has 2 aliphatic carbocycles. The van der Waals surface area contributed by atoms with Crippen molar-refractivity contribution in [3.05, 3.63) is 51.5 Å². The highest BCUT2D eigenvalue weighted by molar-refractivity contribution is 9.10. The summed E-state index contributed by atoms with van der Waals surface area (Å²) in [5.41, 5.74) is 2.19. The molecule has 0 aliphatic heterocycles. The molecule has 0 amide bonds. The fraction of sp³-hybridized carbons (Fsp3) is 0.462. The lowest BCUT2D eigenvalue weighted by Crippen LogP contribution is -2.32. The third kappa shape index (κ3) is 3.90. The number of hydrogen-bond donors (Lipinski definition) is 3. The lowest BCUT2D eigenvalue weighted by molar-refractivity contribution is -0.132. The molecule has 2 aliphatic rings. The van der Waals surface area contributed by atoms with Crippen LogP contribution in [0.15, 0.2) is 34.8 Å². The molecule has 0 radical (unpaired) electrons. The molecule has 33 heavy (non-hydrogen) atoms. The second-order valence-electron chi connectivity index (χ2n) is 10.1. The van der Waals surface area contributed by atoms with Crippen molar-refractivity contribution >= 4 is 33.6 Å². The van der Waals surface area contributed by atoms with E-state index in [1.807, 2.05) is 6.07 Å². The molecule has 0 heterocycles. The van der Waals surface area contributed by atoms with Crippen LogP contribution >= 0.6 is 15.9 Å². The number of hydrogen-bond acceptors (Lipinski definition) is 5. The third-order valence-electron chi connectivity index (χ3n) is 8.33. The lowest BCUT2D eigenvalue weighted by Gasteiger charge is -2.40. The predicted octanol–water partition coefficient (Wildman–Crippen LogP) is 6.32. The fourth-order valence-electron chi connectivity index (χ4n) is 6.05. The minimum absolute atomic E-state index is 0.0137.